The van der Waals surface area contributed by atoms with Crippen molar-refractivity contribution in [2.75, 3.05) is 6.54 Å². The van der Waals surface area contributed by atoms with Gasteiger partial charge in [0.05, 0.1) is 5.01 Å². The molecule has 0 aliphatic heterocycles. The fourth-order valence-corrected chi connectivity index (χ4v) is 2.45. The lowest BCUT2D eigenvalue weighted by Gasteiger charge is -2.04. The van der Waals surface area contributed by atoms with E-state index in [2.05, 4.69) is 4.98 Å². The third kappa shape index (κ3) is 3.76. The highest BCUT2D eigenvalue weighted by Crippen LogP contribution is 2.17. The van der Waals surface area contributed by atoms with Gasteiger partial charge in [-0.15, -0.1) is 11.3 Å². The second-order valence-corrected chi connectivity index (χ2v) is 5.18. The first-order valence-corrected chi connectivity index (χ1v) is 7.01. The molecule has 0 amide bonds. The van der Waals surface area contributed by atoms with Crippen molar-refractivity contribution >= 4 is 28.9 Å². The lowest BCUT2D eigenvalue weighted by molar-refractivity contribution is 0.0466. The molecule has 1 heterocycles. The van der Waals surface area contributed by atoms with Crippen molar-refractivity contribution in [3.63, 3.8) is 0 Å². The van der Waals surface area contributed by atoms with E-state index >= 15 is 0 Å². The molecule has 0 aliphatic rings. The second kappa shape index (κ2) is 6.65. The van der Waals surface area contributed by atoms with E-state index in [0.717, 1.165) is 10.6 Å². The molecule has 0 aliphatic carbocycles. The van der Waals surface area contributed by atoms with Crippen LogP contribution in [0.5, 0.6) is 0 Å². The zero-order valence-electron chi connectivity index (χ0n) is 10.1. The molecule has 19 heavy (non-hydrogen) atoms. The highest BCUT2D eigenvalue weighted by Gasteiger charge is 2.12. The Hall–Kier alpha value is -1.43. The summed E-state index contributed by atoms with van der Waals surface area (Å²) in [6, 6.07) is 7.24. The number of rotatable bonds is 5. The van der Waals surface area contributed by atoms with E-state index in [1.54, 1.807) is 11.4 Å². The van der Waals surface area contributed by atoms with Crippen LogP contribution in [-0.4, -0.2) is 17.5 Å². The van der Waals surface area contributed by atoms with Gasteiger partial charge in [0, 0.05) is 22.4 Å². The van der Waals surface area contributed by atoms with Gasteiger partial charge < -0.3 is 10.5 Å². The van der Waals surface area contributed by atoms with E-state index < -0.39 is 5.97 Å². The van der Waals surface area contributed by atoms with Crippen LogP contribution in [0.15, 0.2) is 29.6 Å². The molecule has 2 N–H and O–H groups in total. The minimum absolute atomic E-state index is 0.141. The number of hydrogen-bond donors (Lipinski definition) is 1. The van der Waals surface area contributed by atoms with Crippen LogP contribution in [0.4, 0.5) is 0 Å². The summed E-state index contributed by atoms with van der Waals surface area (Å²) in [7, 11) is 0. The Morgan fingerprint density at radius 1 is 1.42 bits per heavy atom. The van der Waals surface area contributed by atoms with Crippen molar-refractivity contribution in [3.05, 3.63) is 50.9 Å². The molecule has 0 saturated carbocycles. The maximum Gasteiger partial charge on any atom is 0.358 e. The fourth-order valence-electron chi connectivity index (χ4n) is 1.48. The van der Waals surface area contributed by atoms with Crippen LogP contribution in [0.25, 0.3) is 0 Å². The molecule has 0 fully saturated rings. The molecular formula is C13H13ClN2O2S. The summed E-state index contributed by atoms with van der Waals surface area (Å²) in [4.78, 5) is 16.0. The molecule has 1 aromatic heterocycles. The third-order valence-corrected chi connectivity index (χ3v) is 3.71. The summed E-state index contributed by atoms with van der Waals surface area (Å²) in [6.45, 7) is 0.657. The number of thiazole rings is 1. The number of carbonyl (C=O) groups is 1. The van der Waals surface area contributed by atoms with Crippen LogP contribution in [0.2, 0.25) is 5.02 Å². The Bertz CT molecular complexity index is 571. The first kappa shape index (κ1) is 14.0. The van der Waals surface area contributed by atoms with Gasteiger partial charge in [-0.05, 0) is 12.6 Å². The predicted molar refractivity (Wildman–Crippen MR) is 75.4 cm³/mol. The number of benzene rings is 1. The summed E-state index contributed by atoms with van der Waals surface area (Å²) in [5, 5.41) is 3.10. The second-order valence-electron chi connectivity index (χ2n) is 3.83. The van der Waals surface area contributed by atoms with Gasteiger partial charge >= 0.3 is 5.97 Å². The van der Waals surface area contributed by atoms with Gasteiger partial charge in [-0.3, -0.25) is 0 Å². The molecule has 1 aromatic carbocycles. The topological polar surface area (TPSA) is 65.2 Å². The Kier molecular flexibility index (Phi) is 4.90. The van der Waals surface area contributed by atoms with Crippen LogP contribution in [-0.2, 0) is 17.8 Å². The van der Waals surface area contributed by atoms with Gasteiger partial charge in [0.1, 0.15) is 6.61 Å². The Morgan fingerprint density at radius 3 is 2.95 bits per heavy atom. The molecule has 100 valence electrons. The molecule has 2 aromatic rings. The molecule has 0 spiro atoms. The summed E-state index contributed by atoms with van der Waals surface area (Å²) < 4.78 is 5.18. The first-order chi connectivity index (χ1) is 9.20. The lowest BCUT2D eigenvalue weighted by Crippen LogP contribution is -2.07. The Balaban J connectivity index is 1.95. The van der Waals surface area contributed by atoms with Crippen LogP contribution < -0.4 is 5.73 Å². The monoisotopic (exact) mass is 296 g/mol. The number of hydrogen-bond acceptors (Lipinski definition) is 5. The minimum Gasteiger partial charge on any atom is -0.456 e. The van der Waals surface area contributed by atoms with Gasteiger partial charge in [0.2, 0.25) is 0 Å². The molecule has 0 radical (unpaired) electrons. The average Bonchev–Trinajstić information content (AvgIpc) is 2.87. The van der Waals surface area contributed by atoms with Crippen LogP contribution >= 0.6 is 22.9 Å². The molecule has 6 heteroatoms. The first-order valence-electron chi connectivity index (χ1n) is 5.75. The lowest BCUT2D eigenvalue weighted by atomic mass is 10.2. The van der Waals surface area contributed by atoms with Crippen molar-refractivity contribution in [1.82, 2.24) is 4.98 Å². The summed E-state index contributed by atoms with van der Waals surface area (Å²) in [5.74, 6) is -0.445. The number of carbonyl (C=O) groups excluding carboxylic acids is 1. The number of esters is 1. The van der Waals surface area contributed by atoms with Crippen LogP contribution in [0, 0.1) is 0 Å². The molecule has 2 rings (SSSR count). The van der Waals surface area contributed by atoms with E-state index in [-0.39, 0.29) is 6.61 Å². The summed E-state index contributed by atoms with van der Waals surface area (Å²) >= 11 is 7.39. The Labute approximate surface area is 120 Å². The molecule has 0 atom stereocenters. The van der Waals surface area contributed by atoms with Crippen LogP contribution in [0.3, 0.4) is 0 Å². The largest absolute Gasteiger partial charge is 0.456 e. The van der Waals surface area contributed by atoms with Gasteiger partial charge in [-0.2, -0.15) is 0 Å². The number of aromatic nitrogens is 1. The molecule has 0 bridgehead atoms. The normalized spacial score (nSPS) is 10.4. The minimum atomic E-state index is -0.445. The molecular weight excluding hydrogens is 284 g/mol. The number of halogens is 1. The van der Waals surface area contributed by atoms with E-state index in [1.807, 2.05) is 18.2 Å². The zero-order valence-corrected chi connectivity index (χ0v) is 11.7. The SMILES string of the molecule is NCCc1nc(C(=O)OCc2ccccc2Cl)cs1. The van der Waals surface area contributed by atoms with Gasteiger partial charge in [0.15, 0.2) is 5.69 Å². The number of ether oxygens (including phenoxy) is 1. The number of nitrogens with two attached hydrogens (primary N) is 1. The third-order valence-electron chi connectivity index (χ3n) is 2.44. The summed E-state index contributed by atoms with van der Waals surface area (Å²) in [6.07, 6.45) is 0.669. The quantitative estimate of drug-likeness (QED) is 0.862. The highest BCUT2D eigenvalue weighted by molar-refractivity contribution is 7.09. The fraction of sp³-hybridized carbons (Fsp3) is 0.231. The maximum atomic E-state index is 11.8. The van der Waals surface area contributed by atoms with Crippen molar-refractivity contribution in [1.29, 1.82) is 0 Å². The van der Waals surface area contributed by atoms with E-state index in [1.165, 1.54) is 11.3 Å². The van der Waals surface area contributed by atoms with Gasteiger partial charge in [-0.1, -0.05) is 29.8 Å². The van der Waals surface area contributed by atoms with Gasteiger partial charge in [0.25, 0.3) is 0 Å². The van der Waals surface area contributed by atoms with Crippen molar-refractivity contribution < 1.29 is 9.53 Å². The van der Waals surface area contributed by atoms with Gasteiger partial charge in [-0.25, -0.2) is 9.78 Å². The smallest absolute Gasteiger partial charge is 0.358 e. The van der Waals surface area contributed by atoms with Crippen LogP contribution in [0.1, 0.15) is 21.1 Å². The van der Waals surface area contributed by atoms with Crippen molar-refractivity contribution in [3.8, 4) is 0 Å². The average molecular weight is 297 g/mol. The predicted octanol–water partition coefficient (Wildman–Crippen LogP) is 2.65. The highest BCUT2D eigenvalue weighted by atomic mass is 35.5. The van der Waals surface area contributed by atoms with Crippen molar-refractivity contribution in [2.45, 2.75) is 13.0 Å². The molecule has 0 saturated heterocycles. The Morgan fingerprint density at radius 2 is 2.21 bits per heavy atom. The van der Waals surface area contributed by atoms with E-state index in [4.69, 9.17) is 22.1 Å². The standard InChI is InChI=1S/C13H13ClN2O2S/c14-10-4-2-1-3-9(10)7-18-13(17)11-8-19-12(16-11)5-6-15/h1-4,8H,5-7,15H2. The maximum absolute atomic E-state index is 11.8. The van der Waals surface area contributed by atoms with E-state index in [9.17, 15) is 4.79 Å². The summed E-state index contributed by atoms with van der Waals surface area (Å²) in [5.41, 5.74) is 6.53. The van der Waals surface area contributed by atoms with Crippen molar-refractivity contribution in [2.24, 2.45) is 5.73 Å². The van der Waals surface area contributed by atoms with E-state index in [0.29, 0.717) is 23.7 Å². The number of nitrogens with zero attached hydrogens (tertiary/aromatic N) is 1. The molecule has 4 nitrogen and oxygen atoms in total. The molecule has 0 unspecified atom stereocenters. The zero-order chi connectivity index (χ0) is 13.7.